The Kier molecular flexibility index (Phi) is 11.9. The molecule has 2 aromatic rings. The van der Waals surface area contributed by atoms with Crippen LogP contribution in [-0.4, -0.2) is 46.9 Å². The molecule has 2 unspecified atom stereocenters. The Morgan fingerprint density at radius 2 is 1.59 bits per heavy atom. The van der Waals surface area contributed by atoms with E-state index in [-0.39, 0.29) is 6.54 Å². The Bertz CT molecular complexity index is 1230. The summed E-state index contributed by atoms with van der Waals surface area (Å²) in [5, 5.41) is 5.59. The van der Waals surface area contributed by atoms with E-state index in [0.717, 1.165) is 35.1 Å². The summed E-state index contributed by atoms with van der Waals surface area (Å²) in [7, 11) is 0. The number of nitrogens with one attached hydrogen (secondary N) is 2. The van der Waals surface area contributed by atoms with Gasteiger partial charge in [-0.05, 0) is 77.1 Å². The standard InChI is InChI=1S/C32H46N4O5/c1-9-10-11-17-36(30(39)25(19-26(33)37)34-31(40)41-32(6,7)8)28(24-18-20(2)15-16-21(24)3)29(38)35-27-22(4)13-12-14-23(27)5/h12-16,18,25,28H,9-11,17,19H2,1-8H3,(H2,33,37)(H,34,40)(H,35,38). The van der Waals surface area contributed by atoms with Crippen LogP contribution in [0.25, 0.3) is 0 Å². The molecule has 224 valence electrons. The van der Waals surface area contributed by atoms with Crippen LogP contribution >= 0.6 is 0 Å². The number of nitrogens with zero attached hydrogens (tertiary/aromatic N) is 1. The summed E-state index contributed by atoms with van der Waals surface area (Å²) in [6, 6.07) is 9.15. The van der Waals surface area contributed by atoms with Gasteiger partial charge in [-0.2, -0.15) is 0 Å². The highest BCUT2D eigenvalue weighted by Crippen LogP contribution is 2.30. The van der Waals surface area contributed by atoms with Crippen molar-refractivity contribution in [1.29, 1.82) is 0 Å². The number of primary amides is 1. The zero-order valence-corrected chi connectivity index (χ0v) is 25.7. The van der Waals surface area contributed by atoms with Gasteiger partial charge in [0, 0.05) is 12.2 Å². The molecule has 9 nitrogen and oxygen atoms in total. The fourth-order valence-electron chi connectivity index (χ4n) is 4.66. The molecule has 0 spiro atoms. The number of unbranched alkanes of at least 4 members (excludes halogenated alkanes) is 2. The number of hydrogen-bond acceptors (Lipinski definition) is 5. The van der Waals surface area contributed by atoms with Crippen LogP contribution in [0, 0.1) is 27.7 Å². The monoisotopic (exact) mass is 566 g/mol. The third kappa shape index (κ3) is 9.92. The Balaban J connectivity index is 2.65. The average Bonchev–Trinajstić information content (AvgIpc) is 2.85. The number of amides is 4. The minimum absolute atomic E-state index is 0.232. The number of anilines is 1. The molecular weight excluding hydrogens is 520 g/mol. The minimum atomic E-state index is -1.32. The maximum Gasteiger partial charge on any atom is 0.408 e. The molecule has 2 atom stereocenters. The van der Waals surface area contributed by atoms with Gasteiger partial charge in [0.05, 0.1) is 6.42 Å². The molecule has 0 aliphatic heterocycles. The maximum absolute atomic E-state index is 14.2. The molecule has 4 N–H and O–H groups in total. The average molecular weight is 567 g/mol. The van der Waals surface area contributed by atoms with Crippen LogP contribution in [0.1, 0.15) is 87.2 Å². The number of aryl methyl sites for hydroxylation is 4. The molecule has 0 radical (unpaired) electrons. The van der Waals surface area contributed by atoms with Crippen LogP contribution in [0.3, 0.4) is 0 Å². The smallest absolute Gasteiger partial charge is 0.408 e. The van der Waals surface area contributed by atoms with Gasteiger partial charge in [0.25, 0.3) is 5.91 Å². The van der Waals surface area contributed by atoms with E-state index >= 15 is 0 Å². The van der Waals surface area contributed by atoms with Crippen LogP contribution < -0.4 is 16.4 Å². The first-order chi connectivity index (χ1) is 19.1. The number of rotatable bonds is 12. The lowest BCUT2D eigenvalue weighted by molar-refractivity contribution is -0.142. The van der Waals surface area contributed by atoms with Crippen molar-refractivity contribution in [2.24, 2.45) is 5.73 Å². The normalized spacial score (nSPS) is 12.7. The van der Waals surface area contributed by atoms with Crippen molar-refractivity contribution in [3.05, 3.63) is 64.2 Å². The van der Waals surface area contributed by atoms with Crippen molar-refractivity contribution < 1.29 is 23.9 Å². The zero-order valence-electron chi connectivity index (χ0n) is 25.7. The summed E-state index contributed by atoms with van der Waals surface area (Å²) in [4.78, 5) is 54.6. The lowest BCUT2D eigenvalue weighted by atomic mass is 9.95. The minimum Gasteiger partial charge on any atom is -0.444 e. The molecule has 0 fully saturated rings. The quantitative estimate of drug-likeness (QED) is 0.297. The zero-order chi connectivity index (χ0) is 30.9. The van der Waals surface area contributed by atoms with E-state index in [2.05, 4.69) is 10.6 Å². The first-order valence-corrected chi connectivity index (χ1v) is 14.2. The molecule has 0 saturated heterocycles. The van der Waals surface area contributed by atoms with E-state index < -0.39 is 47.9 Å². The number of para-hydroxylation sites is 1. The second-order valence-corrected chi connectivity index (χ2v) is 11.6. The van der Waals surface area contributed by atoms with Crippen LogP contribution in [0.4, 0.5) is 10.5 Å². The summed E-state index contributed by atoms with van der Waals surface area (Å²) in [5.74, 6) is -1.75. The Morgan fingerprint density at radius 1 is 0.951 bits per heavy atom. The topological polar surface area (TPSA) is 131 Å². The Hall–Kier alpha value is -3.88. The predicted octanol–water partition coefficient (Wildman–Crippen LogP) is 5.39. The van der Waals surface area contributed by atoms with Crippen molar-refractivity contribution in [2.45, 2.75) is 98.8 Å². The third-order valence-corrected chi connectivity index (χ3v) is 6.70. The highest BCUT2D eigenvalue weighted by molar-refractivity contribution is 6.00. The molecule has 2 rings (SSSR count). The van der Waals surface area contributed by atoms with Gasteiger partial charge in [0.15, 0.2) is 0 Å². The second-order valence-electron chi connectivity index (χ2n) is 11.6. The van der Waals surface area contributed by atoms with E-state index in [9.17, 15) is 19.2 Å². The van der Waals surface area contributed by atoms with Gasteiger partial charge in [-0.3, -0.25) is 14.4 Å². The fraction of sp³-hybridized carbons (Fsp3) is 0.500. The predicted molar refractivity (Wildman–Crippen MR) is 161 cm³/mol. The van der Waals surface area contributed by atoms with Gasteiger partial charge < -0.3 is 26.0 Å². The van der Waals surface area contributed by atoms with E-state index in [4.69, 9.17) is 10.5 Å². The molecule has 9 heteroatoms. The number of ether oxygens (including phenoxy) is 1. The molecule has 2 aromatic carbocycles. The lowest BCUT2D eigenvalue weighted by Crippen LogP contribution is -2.53. The van der Waals surface area contributed by atoms with Gasteiger partial charge in [-0.25, -0.2) is 4.79 Å². The van der Waals surface area contributed by atoms with E-state index in [1.807, 2.05) is 71.0 Å². The van der Waals surface area contributed by atoms with Crippen molar-refractivity contribution in [1.82, 2.24) is 10.2 Å². The molecule has 0 saturated carbocycles. The third-order valence-electron chi connectivity index (χ3n) is 6.70. The van der Waals surface area contributed by atoms with Crippen molar-refractivity contribution >= 4 is 29.5 Å². The van der Waals surface area contributed by atoms with Crippen molar-refractivity contribution in [3.8, 4) is 0 Å². The van der Waals surface area contributed by atoms with Gasteiger partial charge >= 0.3 is 6.09 Å². The van der Waals surface area contributed by atoms with Crippen molar-refractivity contribution in [2.75, 3.05) is 11.9 Å². The molecule has 41 heavy (non-hydrogen) atoms. The Morgan fingerprint density at radius 3 is 2.15 bits per heavy atom. The lowest BCUT2D eigenvalue weighted by Gasteiger charge is -2.35. The second kappa shape index (κ2) is 14.7. The number of benzene rings is 2. The molecule has 0 heterocycles. The van der Waals surface area contributed by atoms with Gasteiger partial charge in [0.1, 0.15) is 17.7 Å². The van der Waals surface area contributed by atoms with Crippen LogP contribution in [0.15, 0.2) is 36.4 Å². The van der Waals surface area contributed by atoms with Crippen molar-refractivity contribution in [3.63, 3.8) is 0 Å². The van der Waals surface area contributed by atoms with Crippen LogP contribution in [0.2, 0.25) is 0 Å². The summed E-state index contributed by atoms with van der Waals surface area (Å²) < 4.78 is 5.36. The maximum atomic E-state index is 14.2. The summed E-state index contributed by atoms with van der Waals surface area (Å²) in [5.41, 5.74) is 9.55. The van der Waals surface area contributed by atoms with Gasteiger partial charge in [0.2, 0.25) is 11.8 Å². The molecule has 0 aliphatic rings. The van der Waals surface area contributed by atoms with Gasteiger partial charge in [-0.1, -0.05) is 61.7 Å². The number of nitrogens with two attached hydrogens (primary N) is 1. The largest absolute Gasteiger partial charge is 0.444 e. The molecule has 0 aliphatic carbocycles. The van der Waals surface area contributed by atoms with E-state index in [0.29, 0.717) is 17.7 Å². The summed E-state index contributed by atoms with van der Waals surface area (Å²) >= 11 is 0. The Labute approximate surface area is 244 Å². The van der Waals surface area contributed by atoms with Crippen LogP contribution in [0.5, 0.6) is 0 Å². The molecular formula is C32H46N4O5. The number of hydrogen-bond donors (Lipinski definition) is 3. The molecule has 0 bridgehead atoms. The number of carbonyl (C=O) groups is 4. The van der Waals surface area contributed by atoms with Crippen LogP contribution in [-0.2, 0) is 19.1 Å². The summed E-state index contributed by atoms with van der Waals surface area (Å²) in [6.07, 6.45) is 1.04. The fourth-order valence-corrected chi connectivity index (χ4v) is 4.66. The van der Waals surface area contributed by atoms with E-state index in [1.165, 1.54) is 4.90 Å². The number of carbonyl (C=O) groups excluding carboxylic acids is 4. The highest BCUT2D eigenvalue weighted by atomic mass is 16.6. The first-order valence-electron chi connectivity index (χ1n) is 14.2. The SMILES string of the molecule is CCCCCN(C(=O)C(CC(N)=O)NC(=O)OC(C)(C)C)C(C(=O)Nc1c(C)cccc1C)c1cc(C)ccc1C. The first kappa shape index (κ1) is 33.3. The molecule has 0 aromatic heterocycles. The highest BCUT2D eigenvalue weighted by Gasteiger charge is 2.37. The molecule has 4 amide bonds. The number of alkyl carbamates (subject to hydrolysis) is 1. The van der Waals surface area contributed by atoms with Gasteiger partial charge in [-0.15, -0.1) is 0 Å². The summed E-state index contributed by atoms with van der Waals surface area (Å²) in [6.45, 7) is 15.0. The van der Waals surface area contributed by atoms with E-state index in [1.54, 1.807) is 20.8 Å².